The van der Waals surface area contributed by atoms with Gasteiger partial charge < -0.3 is 14.8 Å². The molecule has 2 heterocycles. The average Bonchev–Trinajstić information content (AvgIpc) is 2.94. The van der Waals surface area contributed by atoms with Crippen molar-refractivity contribution in [3.8, 4) is 0 Å². The quantitative estimate of drug-likeness (QED) is 0.898. The minimum absolute atomic E-state index is 0.109. The van der Waals surface area contributed by atoms with Crippen LogP contribution in [0.5, 0.6) is 0 Å². The summed E-state index contributed by atoms with van der Waals surface area (Å²) in [4.78, 5) is 9.37. The summed E-state index contributed by atoms with van der Waals surface area (Å²) in [6, 6.07) is 0. The van der Waals surface area contributed by atoms with Crippen molar-refractivity contribution in [2.45, 2.75) is 38.7 Å². The van der Waals surface area contributed by atoms with Crippen LogP contribution in [-0.4, -0.2) is 36.3 Å². The van der Waals surface area contributed by atoms with E-state index in [-0.39, 0.29) is 6.10 Å². The van der Waals surface area contributed by atoms with Gasteiger partial charge in [-0.15, -0.1) is 0 Å². The summed E-state index contributed by atoms with van der Waals surface area (Å²) >= 11 is 0. The Morgan fingerprint density at radius 1 is 1.26 bits per heavy atom. The number of hydrogen-bond donors (Lipinski definition) is 1. The van der Waals surface area contributed by atoms with Crippen molar-refractivity contribution in [2.75, 3.05) is 31.7 Å². The second-order valence-electron chi connectivity index (χ2n) is 5.07. The van der Waals surface area contributed by atoms with Crippen LogP contribution in [0.3, 0.4) is 0 Å². The molecule has 0 amide bonds. The molecule has 5 heteroatoms. The standard InChI is InChI=1S/C14H21N3O2/c1-2-6-15-13-10-4-3-5-11(10)16-14(17-13)12-9-18-7-8-19-12/h12H,2-9H2,1H3,(H,15,16,17). The first-order chi connectivity index (χ1) is 9.38. The summed E-state index contributed by atoms with van der Waals surface area (Å²) in [6.45, 7) is 4.97. The zero-order valence-electron chi connectivity index (χ0n) is 11.4. The van der Waals surface area contributed by atoms with Gasteiger partial charge in [-0.1, -0.05) is 6.92 Å². The van der Waals surface area contributed by atoms with Crippen molar-refractivity contribution in [1.29, 1.82) is 0 Å². The van der Waals surface area contributed by atoms with Gasteiger partial charge in [-0.25, -0.2) is 9.97 Å². The molecule has 1 saturated heterocycles. The molecule has 0 saturated carbocycles. The fraction of sp³-hybridized carbons (Fsp3) is 0.714. The Morgan fingerprint density at radius 2 is 2.21 bits per heavy atom. The van der Waals surface area contributed by atoms with Gasteiger partial charge in [-0.3, -0.25) is 0 Å². The van der Waals surface area contributed by atoms with Gasteiger partial charge in [0.25, 0.3) is 0 Å². The molecule has 0 spiro atoms. The normalized spacial score (nSPS) is 22.3. The first-order valence-corrected chi connectivity index (χ1v) is 7.21. The van der Waals surface area contributed by atoms with Gasteiger partial charge in [0.1, 0.15) is 11.9 Å². The van der Waals surface area contributed by atoms with Crippen LogP contribution in [0.25, 0.3) is 0 Å². The van der Waals surface area contributed by atoms with Crippen molar-refractivity contribution < 1.29 is 9.47 Å². The Balaban J connectivity index is 1.87. The highest BCUT2D eigenvalue weighted by Crippen LogP contribution is 2.29. The summed E-state index contributed by atoms with van der Waals surface area (Å²) in [5, 5.41) is 3.43. The van der Waals surface area contributed by atoms with Gasteiger partial charge in [0.15, 0.2) is 5.82 Å². The van der Waals surface area contributed by atoms with Gasteiger partial charge in [0.05, 0.1) is 19.8 Å². The fourth-order valence-corrected chi connectivity index (χ4v) is 2.62. The van der Waals surface area contributed by atoms with Crippen molar-refractivity contribution in [3.63, 3.8) is 0 Å². The Kier molecular flexibility index (Phi) is 3.94. The number of fused-ring (bicyclic) bond motifs is 1. The highest BCUT2D eigenvalue weighted by molar-refractivity contribution is 5.49. The molecule has 2 aliphatic rings. The molecular formula is C14H21N3O2. The summed E-state index contributed by atoms with van der Waals surface area (Å²) in [7, 11) is 0. The molecule has 104 valence electrons. The average molecular weight is 263 g/mol. The Hall–Kier alpha value is -1.20. The number of ether oxygens (including phenoxy) is 2. The molecule has 1 aromatic rings. The van der Waals surface area contributed by atoms with Crippen molar-refractivity contribution in [1.82, 2.24) is 9.97 Å². The van der Waals surface area contributed by atoms with E-state index in [9.17, 15) is 0 Å². The van der Waals surface area contributed by atoms with Gasteiger partial charge in [0.2, 0.25) is 0 Å². The van der Waals surface area contributed by atoms with Crippen LogP contribution in [0.2, 0.25) is 0 Å². The predicted octanol–water partition coefficient (Wildman–Crippen LogP) is 1.88. The largest absolute Gasteiger partial charge is 0.376 e. The van der Waals surface area contributed by atoms with E-state index in [1.54, 1.807) is 0 Å². The van der Waals surface area contributed by atoms with Gasteiger partial charge >= 0.3 is 0 Å². The molecule has 1 aliphatic carbocycles. The molecule has 1 atom stereocenters. The van der Waals surface area contributed by atoms with Gasteiger partial charge in [0, 0.05) is 17.8 Å². The van der Waals surface area contributed by atoms with Crippen LogP contribution in [0.15, 0.2) is 0 Å². The molecule has 0 bridgehead atoms. The Labute approximate surface area is 113 Å². The Morgan fingerprint density at radius 3 is 3.00 bits per heavy atom. The van der Waals surface area contributed by atoms with Crippen LogP contribution < -0.4 is 5.32 Å². The van der Waals surface area contributed by atoms with Crippen molar-refractivity contribution >= 4 is 5.82 Å². The minimum atomic E-state index is -0.109. The highest BCUT2D eigenvalue weighted by Gasteiger charge is 2.25. The Bertz CT molecular complexity index is 445. The maximum atomic E-state index is 5.71. The first-order valence-electron chi connectivity index (χ1n) is 7.21. The summed E-state index contributed by atoms with van der Waals surface area (Å²) in [5.74, 6) is 1.78. The van der Waals surface area contributed by atoms with E-state index in [0.717, 1.165) is 37.4 Å². The monoisotopic (exact) mass is 263 g/mol. The van der Waals surface area contributed by atoms with E-state index in [4.69, 9.17) is 9.47 Å². The van der Waals surface area contributed by atoms with Crippen LogP contribution in [0.1, 0.15) is 43.0 Å². The molecule has 0 radical (unpaired) electrons. The second-order valence-corrected chi connectivity index (χ2v) is 5.07. The third kappa shape index (κ3) is 2.72. The van der Waals surface area contributed by atoms with Crippen molar-refractivity contribution in [2.24, 2.45) is 0 Å². The maximum Gasteiger partial charge on any atom is 0.162 e. The molecule has 0 aromatic carbocycles. The first kappa shape index (κ1) is 12.8. The lowest BCUT2D eigenvalue weighted by Gasteiger charge is -2.23. The van der Waals surface area contributed by atoms with Crippen LogP contribution in [-0.2, 0) is 22.3 Å². The smallest absolute Gasteiger partial charge is 0.162 e. The number of hydrogen-bond acceptors (Lipinski definition) is 5. The number of nitrogens with zero attached hydrogens (tertiary/aromatic N) is 2. The van der Waals surface area contributed by atoms with E-state index >= 15 is 0 Å². The highest BCUT2D eigenvalue weighted by atomic mass is 16.6. The van der Waals surface area contributed by atoms with E-state index in [2.05, 4.69) is 22.2 Å². The second kappa shape index (κ2) is 5.84. The number of anilines is 1. The third-order valence-electron chi connectivity index (χ3n) is 3.60. The molecule has 19 heavy (non-hydrogen) atoms. The molecule has 1 unspecified atom stereocenters. The minimum Gasteiger partial charge on any atom is -0.376 e. The summed E-state index contributed by atoms with van der Waals surface area (Å²) < 4.78 is 11.2. The van der Waals surface area contributed by atoms with Crippen LogP contribution >= 0.6 is 0 Å². The lowest BCUT2D eigenvalue weighted by molar-refractivity contribution is -0.0935. The number of nitrogens with one attached hydrogen (secondary N) is 1. The molecule has 1 aliphatic heterocycles. The maximum absolute atomic E-state index is 5.71. The van der Waals surface area contributed by atoms with Gasteiger partial charge in [-0.2, -0.15) is 0 Å². The van der Waals surface area contributed by atoms with Gasteiger partial charge in [-0.05, 0) is 25.7 Å². The van der Waals surface area contributed by atoms with E-state index in [1.807, 2.05) is 0 Å². The summed E-state index contributed by atoms with van der Waals surface area (Å²) in [6.07, 6.45) is 4.30. The van der Waals surface area contributed by atoms with E-state index < -0.39 is 0 Å². The lowest BCUT2D eigenvalue weighted by atomic mass is 10.2. The zero-order valence-corrected chi connectivity index (χ0v) is 11.4. The number of rotatable bonds is 4. The lowest BCUT2D eigenvalue weighted by Crippen LogP contribution is -2.24. The van der Waals surface area contributed by atoms with Crippen LogP contribution in [0, 0.1) is 0 Å². The van der Waals surface area contributed by atoms with E-state index in [1.165, 1.54) is 17.7 Å². The SMILES string of the molecule is CCCNc1nc(C2COCCO2)nc2c1CCC2. The van der Waals surface area contributed by atoms with Crippen LogP contribution in [0.4, 0.5) is 5.82 Å². The fourth-order valence-electron chi connectivity index (χ4n) is 2.62. The third-order valence-corrected chi connectivity index (χ3v) is 3.60. The number of aromatic nitrogens is 2. The topological polar surface area (TPSA) is 56.3 Å². The molecule has 1 aromatic heterocycles. The summed E-state index contributed by atoms with van der Waals surface area (Å²) in [5.41, 5.74) is 2.49. The molecule has 1 fully saturated rings. The molecule has 3 rings (SSSR count). The predicted molar refractivity (Wildman–Crippen MR) is 72.3 cm³/mol. The van der Waals surface area contributed by atoms with Crippen molar-refractivity contribution in [3.05, 3.63) is 17.1 Å². The molecular weight excluding hydrogens is 242 g/mol. The van der Waals surface area contributed by atoms with E-state index in [0.29, 0.717) is 19.8 Å². The molecule has 5 nitrogen and oxygen atoms in total. The zero-order chi connectivity index (χ0) is 13.1. The number of aryl methyl sites for hydroxylation is 1. The molecule has 1 N–H and O–H groups in total.